The third kappa shape index (κ3) is 2.77. The lowest BCUT2D eigenvalue weighted by molar-refractivity contribution is 0.111. The van der Waals surface area contributed by atoms with Crippen LogP contribution in [0.2, 0.25) is 18.1 Å². The third-order valence-electron chi connectivity index (χ3n) is 3.38. The second kappa shape index (κ2) is 4.80. The maximum absolute atomic E-state index is 13.5. The number of carbonyl (C=O) groups is 1. The summed E-state index contributed by atoms with van der Waals surface area (Å²) in [6.07, 6.45) is 0.293. The molecule has 0 heterocycles. The number of rotatable bonds is 3. The van der Waals surface area contributed by atoms with Gasteiger partial charge in [-0.1, -0.05) is 20.8 Å². The standard InChI is InChI=1S/C13H18F2O2Si/c1-13(2,3)18(4,5)17-11-7-6-10(14)12(15)9(11)8-16/h6-8H,1-5H3. The van der Waals surface area contributed by atoms with E-state index in [2.05, 4.69) is 0 Å². The summed E-state index contributed by atoms with van der Waals surface area (Å²) in [5.74, 6) is -2.07. The van der Waals surface area contributed by atoms with Crippen LogP contribution < -0.4 is 4.43 Å². The number of hydrogen-bond donors (Lipinski definition) is 0. The van der Waals surface area contributed by atoms with E-state index < -0.39 is 20.0 Å². The highest BCUT2D eigenvalue weighted by Crippen LogP contribution is 2.38. The Labute approximate surface area is 107 Å². The number of hydrogen-bond acceptors (Lipinski definition) is 2. The molecule has 1 aromatic carbocycles. The molecule has 0 radical (unpaired) electrons. The van der Waals surface area contributed by atoms with Crippen LogP contribution in [0.4, 0.5) is 8.78 Å². The van der Waals surface area contributed by atoms with Crippen molar-refractivity contribution in [1.29, 1.82) is 0 Å². The molecule has 0 saturated carbocycles. The second-order valence-electron chi connectivity index (χ2n) is 5.75. The maximum atomic E-state index is 13.5. The average Bonchev–Trinajstić information content (AvgIpc) is 2.22. The van der Waals surface area contributed by atoms with E-state index in [1.165, 1.54) is 6.07 Å². The van der Waals surface area contributed by atoms with Crippen molar-refractivity contribution in [3.05, 3.63) is 29.3 Å². The van der Waals surface area contributed by atoms with Crippen molar-refractivity contribution < 1.29 is 18.0 Å². The first-order valence-corrected chi connectivity index (χ1v) is 8.63. The van der Waals surface area contributed by atoms with Crippen molar-refractivity contribution in [1.82, 2.24) is 0 Å². The molecular weight excluding hydrogens is 254 g/mol. The second-order valence-corrected chi connectivity index (χ2v) is 10.5. The highest BCUT2D eigenvalue weighted by Gasteiger charge is 2.39. The normalized spacial score (nSPS) is 12.4. The Morgan fingerprint density at radius 3 is 2.22 bits per heavy atom. The molecule has 0 aromatic heterocycles. The predicted octanol–water partition coefficient (Wildman–Crippen LogP) is 4.16. The number of halogens is 2. The van der Waals surface area contributed by atoms with Crippen LogP contribution in [0.5, 0.6) is 5.75 Å². The Morgan fingerprint density at radius 1 is 1.22 bits per heavy atom. The van der Waals surface area contributed by atoms with Crippen LogP contribution in [0.25, 0.3) is 0 Å². The highest BCUT2D eigenvalue weighted by atomic mass is 28.4. The molecule has 0 N–H and O–H groups in total. The van der Waals surface area contributed by atoms with E-state index in [9.17, 15) is 13.6 Å². The first kappa shape index (κ1) is 14.8. The monoisotopic (exact) mass is 272 g/mol. The zero-order chi connectivity index (χ0) is 14.1. The van der Waals surface area contributed by atoms with Crippen molar-refractivity contribution in [2.45, 2.75) is 38.9 Å². The lowest BCUT2D eigenvalue weighted by Crippen LogP contribution is -2.44. The lowest BCUT2D eigenvalue weighted by atomic mass is 10.2. The van der Waals surface area contributed by atoms with Gasteiger partial charge in [0.1, 0.15) is 5.75 Å². The lowest BCUT2D eigenvalue weighted by Gasteiger charge is -2.36. The fraction of sp³-hybridized carbons (Fsp3) is 0.462. The molecule has 0 aliphatic rings. The van der Waals surface area contributed by atoms with Crippen LogP contribution in [0.1, 0.15) is 31.1 Å². The summed E-state index contributed by atoms with van der Waals surface area (Å²) in [7, 11) is -2.18. The summed E-state index contributed by atoms with van der Waals surface area (Å²) in [4.78, 5) is 10.9. The molecule has 0 bridgehead atoms. The zero-order valence-electron chi connectivity index (χ0n) is 11.3. The molecule has 2 nitrogen and oxygen atoms in total. The van der Waals surface area contributed by atoms with Crippen LogP contribution in [-0.4, -0.2) is 14.6 Å². The van der Waals surface area contributed by atoms with Gasteiger partial charge in [-0.15, -0.1) is 0 Å². The smallest absolute Gasteiger partial charge is 0.250 e. The molecule has 5 heteroatoms. The average molecular weight is 272 g/mol. The highest BCUT2D eigenvalue weighted by molar-refractivity contribution is 6.74. The van der Waals surface area contributed by atoms with Gasteiger partial charge in [0.05, 0.1) is 5.56 Å². The van der Waals surface area contributed by atoms with Gasteiger partial charge in [0.25, 0.3) is 8.32 Å². The Kier molecular flexibility index (Phi) is 3.95. The van der Waals surface area contributed by atoms with Gasteiger partial charge < -0.3 is 4.43 Å². The van der Waals surface area contributed by atoms with E-state index in [1.54, 1.807) is 0 Å². The fourth-order valence-electron chi connectivity index (χ4n) is 1.18. The molecule has 0 unspecified atom stereocenters. The molecule has 0 saturated heterocycles. The van der Waals surface area contributed by atoms with Crippen LogP contribution in [0, 0.1) is 11.6 Å². The van der Waals surface area contributed by atoms with E-state index in [4.69, 9.17) is 4.43 Å². The van der Waals surface area contributed by atoms with Crippen LogP contribution in [0.3, 0.4) is 0 Å². The van der Waals surface area contributed by atoms with Crippen LogP contribution in [0.15, 0.2) is 12.1 Å². The largest absolute Gasteiger partial charge is 0.543 e. The molecule has 1 aromatic rings. The predicted molar refractivity (Wildman–Crippen MR) is 69.6 cm³/mol. The fourth-order valence-corrected chi connectivity index (χ4v) is 2.21. The van der Waals surface area contributed by atoms with Gasteiger partial charge in [-0.25, -0.2) is 8.78 Å². The molecule has 18 heavy (non-hydrogen) atoms. The summed E-state index contributed by atoms with van der Waals surface area (Å²) in [5, 5.41) is -0.0853. The molecule has 0 spiro atoms. The molecule has 0 fully saturated rings. The Hall–Kier alpha value is -1.23. The third-order valence-corrected chi connectivity index (χ3v) is 7.72. The summed E-state index contributed by atoms with van der Waals surface area (Å²) in [6, 6.07) is 2.29. The van der Waals surface area contributed by atoms with Crippen molar-refractivity contribution >= 4 is 14.6 Å². The van der Waals surface area contributed by atoms with Crippen molar-refractivity contribution in [3.8, 4) is 5.75 Å². The molecule has 1 rings (SSSR count). The first-order valence-electron chi connectivity index (χ1n) is 5.72. The van der Waals surface area contributed by atoms with Crippen molar-refractivity contribution in [3.63, 3.8) is 0 Å². The minimum atomic E-state index is -2.18. The zero-order valence-corrected chi connectivity index (χ0v) is 12.3. The molecule has 0 aliphatic carbocycles. The van der Waals surface area contributed by atoms with Crippen molar-refractivity contribution in [2.75, 3.05) is 0 Å². The molecular formula is C13H18F2O2Si. The number of benzene rings is 1. The van der Waals surface area contributed by atoms with Gasteiger partial charge in [-0.05, 0) is 30.3 Å². The van der Waals surface area contributed by atoms with Gasteiger partial charge in [-0.3, -0.25) is 4.79 Å². The van der Waals surface area contributed by atoms with Crippen molar-refractivity contribution in [2.24, 2.45) is 0 Å². The summed E-state index contributed by atoms with van der Waals surface area (Å²) < 4.78 is 32.3. The van der Waals surface area contributed by atoms with Gasteiger partial charge >= 0.3 is 0 Å². The van der Waals surface area contributed by atoms with Gasteiger partial charge in [0.2, 0.25) is 0 Å². The summed E-state index contributed by atoms with van der Waals surface area (Å²) >= 11 is 0. The van der Waals surface area contributed by atoms with E-state index in [0.29, 0.717) is 6.29 Å². The maximum Gasteiger partial charge on any atom is 0.250 e. The Balaban J connectivity index is 3.21. The van der Waals surface area contributed by atoms with E-state index >= 15 is 0 Å². The van der Waals surface area contributed by atoms with Gasteiger partial charge in [-0.2, -0.15) is 0 Å². The summed E-state index contributed by atoms with van der Waals surface area (Å²) in [6.45, 7) is 10.0. The van der Waals surface area contributed by atoms with Crippen LogP contribution in [-0.2, 0) is 0 Å². The molecule has 0 amide bonds. The van der Waals surface area contributed by atoms with E-state index in [1.807, 2.05) is 33.9 Å². The molecule has 0 aliphatic heterocycles. The Morgan fingerprint density at radius 2 is 1.78 bits per heavy atom. The quantitative estimate of drug-likeness (QED) is 0.610. The minimum Gasteiger partial charge on any atom is -0.543 e. The van der Waals surface area contributed by atoms with Crippen LogP contribution >= 0.6 is 0 Å². The van der Waals surface area contributed by atoms with Gasteiger partial charge in [0.15, 0.2) is 17.9 Å². The summed E-state index contributed by atoms with van der Waals surface area (Å²) in [5.41, 5.74) is -0.347. The van der Waals surface area contributed by atoms with E-state index in [-0.39, 0.29) is 16.4 Å². The molecule has 0 atom stereocenters. The first-order chi connectivity index (χ1) is 8.10. The number of carbonyl (C=O) groups excluding carboxylic acids is 1. The minimum absolute atomic E-state index is 0.0853. The SMILES string of the molecule is CC(C)(C)[Si](C)(C)Oc1ccc(F)c(F)c1C=O. The van der Waals surface area contributed by atoms with Gasteiger partial charge in [0, 0.05) is 0 Å². The topological polar surface area (TPSA) is 26.3 Å². The Bertz CT molecular complexity index is 465. The van der Waals surface area contributed by atoms with E-state index in [0.717, 1.165) is 6.07 Å². The molecule has 100 valence electrons. The number of aldehydes is 1.